The maximum absolute atomic E-state index is 11.5. The van der Waals surface area contributed by atoms with Crippen molar-refractivity contribution in [3.63, 3.8) is 0 Å². The van der Waals surface area contributed by atoms with E-state index in [0.717, 1.165) is 5.69 Å². The van der Waals surface area contributed by atoms with E-state index in [0.29, 0.717) is 17.2 Å². The molecule has 0 fully saturated rings. The number of hydrogen-bond acceptors (Lipinski definition) is 4. The molecule has 1 unspecified atom stereocenters. The summed E-state index contributed by atoms with van der Waals surface area (Å²) < 4.78 is 5.65. The van der Waals surface area contributed by atoms with Crippen LogP contribution in [0.2, 0.25) is 0 Å². The van der Waals surface area contributed by atoms with Gasteiger partial charge in [-0.05, 0) is 18.2 Å². The lowest BCUT2D eigenvalue weighted by molar-refractivity contribution is -0.118. The number of carbonyl (C=O) groups excluding carboxylic acids is 1. The molecule has 2 N–H and O–H groups in total. The zero-order valence-electron chi connectivity index (χ0n) is 8.51. The Labute approximate surface area is 92.4 Å². The van der Waals surface area contributed by atoms with Crippen LogP contribution in [-0.2, 0) is 4.79 Å². The van der Waals surface area contributed by atoms with Gasteiger partial charge in [0.15, 0.2) is 11.5 Å². The highest BCUT2D eigenvalue weighted by Gasteiger charge is 2.28. The molecule has 0 saturated carbocycles. The van der Waals surface area contributed by atoms with Gasteiger partial charge < -0.3 is 10.5 Å². The van der Waals surface area contributed by atoms with E-state index in [1.54, 1.807) is 6.08 Å². The maximum Gasteiger partial charge on any atom is 0.159 e. The molecule has 1 atom stereocenters. The van der Waals surface area contributed by atoms with Crippen molar-refractivity contribution in [2.45, 2.75) is 12.5 Å². The fourth-order valence-electron chi connectivity index (χ4n) is 1.81. The van der Waals surface area contributed by atoms with Gasteiger partial charge in [0.2, 0.25) is 0 Å². The molecule has 0 aromatic heterocycles. The first-order valence-electron chi connectivity index (χ1n) is 5.09. The molecule has 2 aliphatic rings. The largest absolute Gasteiger partial charge is 0.453 e. The molecule has 0 radical (unpaired) electrons. The number of Topliss-reactive ketones (excluding diaryl/α,β-unsaturated/α-hetero) is 1. The number of allylic oxidation sites excluding steroid dienone is 1. The van der Waals surface area contributed by atoms with Gasteiger partial charge in [0, 0.05) is 0 Å². The van der Waals surface area contributed by atoms with Crippen LogP contribution in [0.5, 0.6) is 5.75 Å². The fraction of sp³-hybridized carbons (Fsp3) is 0.167. The minimum Gasteiger partial charge on any atom is -0.453 e. The predicted octanol–water partition coefficient (Wildman–Crippen LogP) is 1.34. The fourth-order valence-corrected chi connectivity index (χ4v) is 1.81. The van der Waals surface area contributed by atoms with Gasteiger partial charge in [-0.25, -0.2) is 4.99 Å². The van der Waals surface area contributed by atoms with E-state index < -0.39 is 6.04 Å². The number of hydrogen-bond donors (Lipinski definition) is 1. The first kappa shape index (κ1) is 9.30. The number of benzene rings is 1. The standard InChI is InChI=1S/C12H10N2O2/c13-7-5-12-9(6-10(7)15)14-8-3-1-2-4-11(8)16-12/h1-5,7H,6,13H2. The van der Waals surface area contributed by atoms with Crippen molar-refractivity contribution in [1.82, 2.24) is 0 Å². The van der Waals surface area contributed by atoms with Gasteiger partial charge in [0.1, 0.15) is 11.4 Å². The van der Waals surface area contributed by atoms with Crippen molar-refractivity contribution in [3.05, 3.63) is 36.1 Å². The lowest BCUT2D eigenvalue weighted by Crippen LogP contribution is -2.36. The van der Waals surface area contributed by atoms with Gasteiger partial charge in [-0.3, -0.25) is 4.79 Å². The smallest absolute Gasteiger partial charge is 0.159 e. The van der Waals surface area contributed by atoms with Crippen LogP contribution in [0.15, 0.2) is 41.1 Å². The summed E-state index contributed by atoms with van der Waals surface area (Å²) >= 11 is 0. The molecule has 3 rings (SSSR count). The molecule has 16 heavy (non-hydrogen) atoms. The molecule has 0 bridgehead atoms. The van der Waals surface area contributed by atoms with Gasteiger partial charge in [0.25, 0.3) is 0 Å². The van der Waals surface area contributed by atoms with Crippen molar-refractivity contribution in [1.29, 1.82) is 0 Å². The highest BCUT2D eigenvalue weighted by atomic mass is 16.5. The average molecular weight is 214 g/mol. The Morgan fingerprint density at radius 2 is 2.19 bits per heavy atom. The third kappa shape index (κ3) is 1.35. The monoisotopic (exact) mass is 214 g/mol. The van der Waals surface area contributed by atoms with Crippen molar-refractivity contribution in [2.24, 2.45) is 10.7 Å². The van der Waals surface area contributed by atoms with Gasteiger partial charge in [-0.2, -0.15) is 0 Å². The van der Waals surface area contributed by atoms with Gasteiger partial charge in [-0.1, -0.05) is 12.1 Å². The summed E-state index contributed by atoms with van der Waals surface area (Å²) in [7, 11) is 0. The topological polar surface area (TPSA) is 64.7 Å². The molecule has 1 aromatic rings. The van der Waals surface area contributed by atoms with Crippen LogP contribution in [0.3, 0.4) is 0 Å². The Morgan fingerprint density at radius 3 is 3.06 bits per heavy atom. The highest BCUT2D eigenvalue weighted by Crippen LogP contribution is 2.35. The second-order valence-electron chi connectivity index (χ2n) is 3.83. The van der Waals surface area contributed by atoms with E-state index in [1.807, 2.05) is 24.3 Å². The number of fused-ring (bicyclic) bond motifs is 2. The summed E-state index contributed by atoms with van der Waals surface area (Å²) in [5.74, 6) is 1.30. The second kappa shape index (κ2) is 3.28. The summed E-state index contributed by atoms with van der Waals surface area (Å²) in [6, 6.07) is 6.90. The van der Waals surface area contributed by atoms with Crippen LogP contribution in [0.4, 0.5) is 5.69 Å². The molecule has 0 spiro atoms. The summed E-state index contributed by atoms with van der Waals surface area (Å²) in [6.45, 7) is 0. The van der Waals surface area contributed by atoms with E-state index >= 15 is 0 Å². The average Bonchev–Trinajstić information content (AvgIpc) is 2.28. The van der Waals surface area contributed by atoms with Crippen LogP contribution in [0.25, 0.3) is 0 Å². The number of ether oxygens (including phenoxy) is 1. The summed E-state index contributed by atoms with van der Waals surface area (Å²) in [6.07, 6.45) is 1.88. The molecular weight excluding hydrogens is 204 g/mol. The van der Waals surface area contributed by atoms with Crippen LogP contribution in [0.1, 0.15) is 6.42 Å². The zero-order chi connectivity index (χ0) is 11.1. The van der Waals surface area contributed by atoms with Gasteiger partial charge in [0.05, 0.1) is 18.2 Å². The highest BCUT2D eigenvalue weighted by molar-refractivity contribution is 6.16. The zero-order valence-corrected chi connectivity index (χ0v) is 8.51. The number of nitrogens with two attached hydrogens (primary N) is 1. The first-order chi connectivity index (χ1) is 7.74. The van der Waals surface area contributed by atoms with E-state index in [-0.39, 0.29) is 12.2 Å². The maximum atomic E-state index is 11.5. The normalized spacial score (nSPS) is 22.6. The minimum absolute atomic E-state index is 0.0227. The number of rotatable bonds is 0. The molecule has 0 amide bonds. The molecule has 4 nitrogen and oxygen atoms in total. The van der Waals surface area contributed by atoms with E-state index in [2.05, 4.69) is 4.99 Å². The van der Waals surface area contributed by atoms with Crippen LogP contribution in [0, 0.1) is 0 Å². The number of ketones is 1. The third-order valence-electron chi connectivity index (χ3n) is 2.67. The van der Waals surface area contributed by atoms with E-state index in [9.17, 15) is 4.79 Å². The number of nitrogens with zero attached hydrogens (tertiary/aromatic N) is 1. The molecule has 1 aromatic carbocycles. The Kier molecular flexibility index (Phi) is 1.91. The van der Waals surface area contributed by atoms with E-state index in [4.69, 9.17) is 10.5 Å². The summed E-state index contributed by atoms with van der Waals surface area (Å²) in [5, 5.41) is 0. The Balaban J connectivity index is 2.11. The molecule has 1 heterocycles. The Hall–Kier alpha value is -1.94. The van der Waals surface area contributed by atoms with Crippen LogP contribution < -0.4 is 10.5 Å². The van der Waals surface area contributed by atoms with Crippen molar-refractivity contribution < 1.29 is 9.53 Å². The van der Waals surface area contributed by atoms with Crippen LogP contribution in [-0.4, -0.2) is 17.5 Å². The molecular formula is C12H10N2O2. The summed E-state index contributed by atoms with van der Waals surface area (Å²) in [4.78, 5) is 15.9. The SMILES string of the molecule is NC1C=C2Oc3ccccc3N=C2CC1=O. The van der Waals surface area contributed by atoms with Crippen molar-refractivity contribution >= 4 is 17.2 Å². The van der Waals surface area contributed by atoms with Gasteiger partial charge in [-0.15, -0.1) is 0 Å². The number of para-hydroxylation sites is 2. The molecule has 4 heteroatoms. The first-order valence-corrected chi connectivity index (χ1v) is 5.09. The Morgan fingerprint density at radius 1 is 1.38 bits per heavy atom. The van der Waals surface area contributed by atoms with Crippen molar-refractivity contribution in [3.8, 4) is 5.75 Å². The molecule has 1 aliphatic carbocycles. The summed E-state index contributed by atoms with van der Waals surface area (Å²) in [5.41, 5.74) is 7.08. The number of aliphatic imine (C=N–C) groups is 1. The van der Waals surface area contributed by atoms with Gasteiger partial charge >= 0.3 is 0 Å². The lowest BCUT2D eigenvalue weighted by atomic mass is 9.97. The molecule has 80 valence electrons. The third-order valence-corrected chi connectivity index (χ3v) is 2.67. The molecule has 0 saturated heterocycles. The molecule has 1 aliphatic heterocycles. The van der Waals surface area contributed by atoms with Crippen molar-refractivity contribution in [2.75, 3.05) is 0 Å². The quantitative estimate of drug-likeness (QED) is 0.708. The second-order valence-corrected chi connectivity index (χ2v) is 3.83. The number of carbonyl (C=O) groups is 1. The van der Waals surface area contributed by atoms with Crippen LogP contribution >= 0.6 is 0 Å². The Bertz CT molecular complexity index is 532. The minimum atomic E-state index is -0.570. The van der Waals surface area contributed by atoms with E-state index in [1.165, 1.54) is 0 Å². The lowest BCUT2D eigenvalue weighted by Gasteiger charge is -2.23. The predicted molar refractivity (Wildman–Crippen MR) is 59.8 cm³/mol.